The van der Waals surface area contributed by atoms with Gasteiger partial charge in [0, 0.05) is 31.1 Å². The molecule has 126 valence electrons. The number of sulfonamides is 1. The number of piperidine rings is 1. The van der Waals surface area contributed by atoms with Crippen LogP contribution in [-0.2, 0) is 14.8 Å². The lowest BCUT2D eigenvalue weighted by Crippen LogP contribution is -2.46. The van der Waals surface area contributed by atoms with Crippen molar-refractivity contribution < 1.29 is 18.0 Å². The normalized spacial score (nSPS) is 17.0. The molecule has 0 atom stereocenters. The van der Waals surface area contributed by atoms with E-state index in [-0.39, 0.29) is 22.6 Å². The molecule has 23 heavy (non-hydrogen) atoms. The molecule has 0 spiro atoms. The Morgan fingerprint density at radius 1 is 1.17 bits per heavy atom. The molecule has 2 rings (SSSR count). The van der Waals surface area contributed by atoms with E-state index in [0.717, 1.165) is 0 Å². The van der Waals surface area contributed by atoms with Gasteiger partial charge in [-0.2, -0.15) is 4.31 Å². The van der Waals surface area contributed by atoms with E-state index in [1.165, 1.54) is 35.5 Å². The standard InChI is InChI=1S/C16H22N2O4S/c1-3-16(20)17-14-8-10-18(11-9-14)23(21,22)15-6-4-13(5-7-15)12(2)19/h4-7,14H,3,8-11H2,1-2H3,(H,17,20). The first-order chi connectivity index (χ1) is 10.8. The lowest BCUT2D eigenvalue weighted by atomic mass is 10.1. The van der Waals surface area contributed by atoms with Crippen molar-refractivity contribution >= 4 is 21.7 Å². The number of benzene rings is 1. The third-order valence-electron chi connectivity index (χ3n) is 4.04. The van der Waals surface area contributed by atoms with Gasteiger partial charge in [-0.1, -0.05) is 19.1 Å². The minimum Gasteiger partial charge on any atom is -0.353 e. The van der Waals surface area contributed by atoms with Gasteiger partial charge in [0.05, 0.1) is 4.90 Å². The molecule has 1 heterocycles. The third kappa shape index (κ3) is 4.17. The smallest absolute Gasteiger partial charge is 0.243 e. The summed E-state index contributed by atoms with van der Waals surface area (Å²) in [5, 5.41) is 2.90. The average Bonchev–Trinajstić information content (AvgIpc) is 2.55. The number of carbonyl (C=O) groups is 2. The van der Waals surface area contributed by atoms with Crippen molar-refractivity contribution in [2.75, 3.05) is 13.1 Å². The minimum atomic E-state index is -3.55. The van der Waals surface area contributed by atoms with Gasteiger partial charge in [-0.05, 0) is 31.9 Å². The second kappa shape index (κ2) is 7.23. The molecule has 1 amide bonds. The highest BCUT2D eigenvalue weighted by molar-refractivity contribution is 7.89. The van der Waals surface area contributed by atoms with Crippen LogP contribution in [0.5, 0.6) is 0 Å². The molecule has 1 aromatic rings. The Kier molecular flexibility index (Phi) is 5.54. The van der Waals surface area contributed by atoms with E-state index in [9.17, 15) is 18.0 Å². The number of hydrogen-bond acceptors (Lipinski definition) is 4. The lowest BCUT2D eigenvalue weighted by molar-refractivity contribution is -0.121. The number of rotatable bonds is 5. The van der Waals surface area contributed by atoms with Crippen LogP contribution in [0.15, 0.2) is 29.2 Å². The van der Waals surface area contributed by atoms with Crippen LogP contribution in [-0.4, -0.2) is 43.5 Å². The van der Waals surface area contributed by atoms with Crippen molar-refractivity contribution in [2.24, 2.45) is 0 Å². The molecule has 1 N–H and O–H groups in total. The predicted molar refractivity (Wildman–Crippen MR) is 86.7 cm³/mol. The summed E-state index contributed by atoms with van der Waals surface area (Å²) in [7, 11) is -3.55. The molecule has 0 radical (unpaired) electrons. The molecule has 0 bridgehead atoms. The molecule has 1 aliphatic rings. The summed E-state index contributed by atoms with van der Waals surface area (Å²) in [5.41, 5.74) is 0.491. The van der Waals surface area contributed by atoms with E-state index in [4.69, 9.17) is 0 Å². The highest BCUT2D eigenvalue weighted by atomic mass is 32.2. The van der Waals surface area contributed by atoms with Gasteiger partial charge in [0.15, 0.2) is 5.78 Å². The topological polar surface area (TPSA) is 83.6 Å². The summed E-state index contributed by atoms with van der Waals surface area (Å²) >= 11 is 0. The van der Waals surface area contributed by atoms with Crippen LogP contribution in [0, 0.1) is 0 Å². The van der Waals surface area contributed by atoms with Crippen LogP contribution in [0.1, 0.15) is 43.5 Å². The SMILES string of the molecule is CCC(=O)NC1CCN(S(=O)(=O)c2ccc(C(C)=O)cc2)CC1. The van der Waals surface area contributed by atoms with E-state index in [0.29, 0.717) is 37.9 Å². The fourth-order valence-electron chi connectivity index (χ4n) is 2.58. The molecular weight excluding hydrogens is 316 g/mol. The Balaban J connectivity index is 2.04. The van der Waals surface area contributed by atoms with Gasteiger partial charge in [0.25, 0.3) is 0 Å². The van der Waals surface area contributed by atoms with E-state index in [1.807, 2.05) is 0 Å². The van der Waals surface area contributed by atoms with E-state index >= 15 is 0 Å². The highest BCUT2D eigenvalue weighted by Gasteiger charge is 2.29. The summed E-state index contributed by atoms with van der Waals surface area (Å²) in [5.74, 6) is -0.104. The average molecular weight is 338 g/mol. The van der Waals surface area contributed by atoms with Gasteiger partial charge in [0.2, 0.25) is 15.9 Å². The molecule has 0 aliphatic carbocycles. The molecule has 0 saturated carbocycles. The highest BCUT2D eigenvalue weighted by Crippen LogP contribution is 2.21. The maximum atomic E-state index is 12.6. The van der Waals surface area contributed by atoms with Gasteiger partial charge in [-0.15, -0.1) is 0 Å². The minimum absolute atomic E-state index is 0.00821. The van der Waals surface area contributed by atoms with Crippen molar-refractivity contribution in [1.82, 2.24) is 9.62 Å². The molecule has 1 saturated heterocycles. The zero-order valence-electron chi connectivity index (χ0n) is 13.4. The maximum Gasteiger partial charge on any atom is 0.243 e. The molecule has 0 aromatic heterocycles. The van der Waals surface area contributed by atoms with E-state index in [2.05, 4.69) is 5.32 Å². The molecule has 1 aromatic carbocycles. The van der Waals surface area contributed by atoms with Gasteiger partial charge in [-0.25, -0.2) is 8.42 Å². The second-order valence-corrected chi connectivity index (χ2v) is 7.62. The number of ketones is 1. The number of nitrogens with one attached hydrogen (secondary N) is 1. The summed E-state index contributed by atoms with van der Waals surface area (Å²) in [4.78, 5) is 22.9. The molecular formula is C16H22N2O4S. The van der Waals surface area contributed by atoms with E-state index < -0.39 is 10.0 Å². The second-order valence-electron chi connectivity index (χ2n) is 5.68. The molecule has 7 heteroatoms. The Morgan fingerprint density at radius 2 is 1.74 bits per heavy atom. The Morgan fingerprint density at radius 3 is 2.22 bits per heavy atom. The molecule has 0 unspecified atom stereocenters. The zero-order valence-corrected chi connectivity index (χ0v) is 14.2. The third-order valence-corrected chi connectivity index (χ3v) is 5.95. The van der Waals surface area contributed by atoms with Crippen molar-refractivity contribution in [3.8, 4) is 0 Å². The first-order valence-electron chi connectivity index (χ1n) is 7.75. The largest absolute Gasteiger partial charge is 0.353 e. The fraction of sp³-hybridized carbons (Fsp3) is 0.500. The van der Waals surface area contributed by atoms with Crippen molar-refractivity contribution in [3.63, 3.8) is 0 Å². The maximum absolute atomic E-state index is 12.6. The van der Waals surface area contributed by atoms with Gasteiger partial charge >= 0.3 is 0 Å². The first-order valence-corrected chi connectivity index (χ1v) is 9.19. The van der Waals surface area contributed by atoms with Crippen LogP contribution < -0.4 is 5.32 Å². The molecule has 1 aliphatic heterocycles. The monoisotopic (exact) mass is 338 g/mol. The summed E-state index contributed by atoms with van der Waals surface area (Å²) < 4.78 is 26.6. The summed E-state index contributed by atoms with van der Waals surface area (Å²) in [6.45, 7) is 4.00. The van der Waals surface area contributed by atoms with Gasteiger partial charge in [0.1, 0.15) is 0 Å². The number of amides is 1. The number of Topliss-reactive ketones (excluding diaryl/α,β-unsaturated/α-hetero) is 1. The predicted octanol–water partition coefficient (Wildman–Crippen LogP) is 1.57. The van der Waals surface area contributed by atoms with Crippen LogP contribution in [0.3, 0.4) is 0 Å². The van der Waals surface area contributed by atoms with Crippen LogP contribution in [0.2, 0.25) is 0 Å². The van der Waals surface area contributed by atoms with Crippen molar-refractivity contribution in [2.45, 2.75) is 44.0 Å². The first kappa shape index (κ1) is 17.6. The summed E-state index contributed by atoms with van der Waals surface area (Å²) in [6.07, 6.45) is 1.65. The van der Waals surface area contributed by atoms with Crippen molar-refractivity contribution in [3.05, 3.63) is 29.8 Å². The number of carbonyl (C=O) groups excluding carboxylic acids is 2. The van der Waals surface area contributed by atoms with E-state index in [1.54, 1.807) is 6.92 Å². The summed E-state index contributed by atoms with van der Waals surface area (Å²) in [6, 6.07) is 6.04. The van der Waals surface area contributed by atoms with Gasteiger partial charge in [-0.3, -0.25) is 9.59 Å². The Bertz CT molecular complexity index is 675. The van der Waals surface area contributed by atoms with Gasteiger partial charge < -0.3 is 5.32 Å². The Hall–Kier alpha value is -1.73. The Labute approximate surface area is 136 Å². The fourth-order valence-corrected chi connectivity index (χ4v) is 4.05. The van der Waals surface area contributed by atoms with Crippen LogP contribution >= 0.6 is 0 Å². The zero-order chi connectivity index (χ0) is 17.0. The number of hydrogen-bond donors (Lipinski definition) is 1. The van der Waals surface area contributed by atoms with Crippen LogP contribution in [0.4, 0.5) is 0 Å². The number of nitrogens with zero attached hydrogens (tertiary/aromatic N) is 1. The van der Waals surface area contributed by atoms with Crippen molar-refractivity contribution in [1.29, 1.82) is 0 Å². The van der Waals surface area contributed by atoms with Crippen LogP contribution in [0.25, 0.3) is 0 Å². The molecule has 1 fully saturated rings. The molecule has 6 nitrogen and oxygen atoms in total. The quantitative estimate of drug-likeness (QED) is 0.826. The lowest BCUT2D eigenvalue weighted by Gasteiger charge is -2.31.